The molecule has 9 heavy (non-hydrogen) atoms. The van der Waals surface area contributed by atoms with Crippen LogP contribution < -0.4 is 24.0 Å². The van der Waals surface area contributed by atoms with Gasteiger partial charge in [0.15, 0.2) is 5.97 Å². The van der Waals surface area contributed by atoms with E-state index in [1.54, 1.807) is 0 Å². The Hall–Kier alpha value is -0.463. The van der Waals surface area contributed by atoms with Crippen molar-refractivity contribution in [3.63, 3.8) is 0 Å². The summed E-state index contributed by atoms with van der Waals surface area (Å²) in [7, 11) is 0. The van der Waals surface area contributed by atoms with Crippen LogP contribution in [0.1, 0.15) is 6.92 Å². The second kappa shape index (κ2) is 5.67. The summed E-state index contributed by atoms with van der Waals surface area (Å²) in [6.45, 7) is 1.58. The number of carboxylic acid groups (broad SMARTS) is 1. The van der Waals surface area contributed by atoms with Crippen LogP contribution in [0.2, 0.25) is 0 Å². The van der Waals surface area contributed by atoms with E-state index in [9.17, 15) is 14.7 Å². The van der Waals surface area contributed by atoms with Crippen LogP contribution in [0.3, 0.4) is 0 Å². The summed E-state index contributed by atoms with van der Waals surface area (Å²) in [4.78, 5) is 19.4. The molecule has 0 aliphatic rings. The molecule has 0 bridgehead atoms. The molecule has 46 valence electrons. The standard InChI is InChI=1S/C4H6O4.Li/c1-2-8-4(7)3(5)6;/h2H2,1H3,(H,5,6);/q;+1/p-1. The van der Waals surface area contributed by atoms with Gasteiger partial charge in [-0.2, -0.15) is 0 Å². The number of carbonyl (C=O) groups excluding carboxylic acids is 2. The monoisotopic (exact) mass is 124 g/mol. The Labute approximate surface area is 64.4 Å². The van der Waals surface area contributed by atoms with Crippen molar-refractivity contribution in [2.24, 2.45) is 0 Å². The Morgan fingerprint density at radius 2 is 2.00 bits per heavy atom. The Morgan fingerprint density at radius 3 is 2.11 bits per heavy atom. The fourth-order valence-corrected chi connectivity index (χ4v) is 0.190. The van der Waals surface area contributed by atoms with E-state index in [1.807, 2.05) is 0 Å². The molecule has 0 aromatic carbocycles. The number of carbonyl (C=O) groups is 2. The molecular formula is C4H5LiO4. The van der Waals surface area contributed by atoms with Gasteiger partial charge in [-0.3, -0.25) is 0 Å². The van der Waals surface area contributed by atoms with Gasteiger partial charge >= 0.3 is 24.8 Å². The molecule has 0 rings (SSSR count). The van der Waals surface area contributed by atoms with E-state index in [1.165, 1.54) is 6.92 Å². The molecule has 0 radical (unpaired) electrons. The molecule has 0 aliphatic heterocycles. The number of hydrogen-bond acceptors (Lipinski definition) is 4. The van der Waals surface area contributed by atoms with Crippen molar-refractivity contribution in [1.82, 2.24) is 0 Å². The van der Waals surface area contributed by atoms with Crippen molar-refractivity contribution in [1.29, 1.82) is 0 Å². The van der Waals surface area contributed by atoms with Gasteiger partial charge in [-0.15, -0.1) is 0 Å². The molecule has 0 saturated heterocycles. The summed E-state index contributed by atoms with van der Waals surface area (Å²) in [5.41, 5.74) is 0. The van der Waals surface area contributed by atoms with Gasteiger partial charge in [-0.25, -0.2) is 4.79 Å². The smallest absolute Gasteiger partial charge is 0.539 e. The third kappa shape index (κ3) is 5.41. The van der Waals surface area contributed by atoms with Crippen molar-refractivity contribution in [3.8, 4) is 0 Å². The fraction of sp³-hybridized carbons (Fsp3) is 0.500. The van der Waals surface area contributed by atoms with Gasteiger partial charge in [-0.1, -0.05) is 0 Å². The predicted molar refractivity (Wildman–Crippen MR) is 21.6 cm³/mol. The molecule has 0 amide bonds. The second-order valence-electron chi connectivity index (χ2n) is 1.01. The van der Waals surface area contributed by atoms with E-state index in [4.69, 9.17) is 0 Å². The molecule has 0 aromatic rings. The molecule has 0 spiro atoms. The summed E-state index contributed by atoms with van der Waals surface area (Å²) in [5, 5.41) is 9.50. The van der Waals surface area contributed by atoms with Crippen molar-refractivity contribution in [2.75, 3.05) is 6.61 Å². The van der Waals surface area contributed by atoms with E-state index in [0.717, 1.165) is 0 Å². The summed E-state index contributed by atoms with van der Waals surface area (Å²) in [6, 6.07) is 0. The molecule has 0 atom stereocenters. The fourth-order valence-electron chi connectivity index (χ4n) is 0.190. The molecule has 4 nitrogen and oxygen atoms in total. The van der Waals surface area contributed by atoms with E-state index in [0.29, 0.717) is 0 Å². The summed E-state index contributed by atoms with van der Waals surface area (Å²) in [5.74, 6) is -3.11. The van der Waals surface area contributed by atoms with Gasteiger partial charge in [-0.05, 0) is 6.92 Å². The van der Waals surface area contributed by atoms with Crippen LogP contribution >= 0.6 is 0 Å². The molecule has 5 heteroatoms. The van der Waals surface area contributed by atoms with Crippen molar-refractivity contribution in [3.05, 3.63) is 0 Å². The summed E-state index contributed by atoms with van der Waals surface area (Å²) >= 11 is 0. The quantitative estimate of drug-likeness (QED) is 0.200. The van der Waals surface area contributed by atoms with Gasteiger partial charge in [0.05, 0.1) is 6.61 Å². The third-order valence-corrected chi connectivity index (χ3v) is 0.442. The van der Waals surface area contributed by atoms with Gasteiger partial charge in [0.2, 0.25) is 0 Å². The van der Waals surface area contributed by atoms with E-state index >= 15 is 0 Å². The summed E-state index contributed by atoms with van der Waals surface area (Å²) in [6.07, 6.45) is 0. The predicted octanol–water partition coefficient (Wildman–Crippen LogP) is -4.70. The maximum absolute atomic E-state index is 9.86. The molecular weight excluding hydrogens is 119 g/mol. The van der Waals surface area contributed by atoms with E-state index < -0.39 is 11.9 Å². The van der Waals surface area contributed by atoms with Crippen LogP contribution in [-0.4, -0.2) is 18.5 Å². The Bertz CT molecular complexity index is 111. The SMILES string of the molecule is CCOC(=O)C(=O)[O-].[Li+]. The van der Waals surface area contributed by atoms with E-state index in [2.05, 4.69) is 4.74 Å². The minimum Gasteiger partial charge on any atom is -0.539 e. The van der Waals surface area contributed by atoms with Crippen LogP contribution in [0.15, 0.2) is 0 Å². The van der Waals surface area contributed by atoms with Crippen LogP contribution in [0.5, 0.6) is 0 Å². The van der Waals surface area contributed by atoms with Crippen molar-refractivity contribution >= 4 is 11.9 Å². The number of carboxylic acids is 1. The molecule has 0 unspecified atom stereocenters. The minimum atomic E-state index is -1.80. The Morgan fingerprint density at radius 1 is 1.56 bits per heavy atom. The normalized spacial score (nSPS) is 7.22. The zero-order valence-corrected chi connectivity index (χ0v) is 5.34. The van der Waals surface area contributed by atoms with Crippen LogP contribution in [0, 0.1) is 0 Å². The molecule has 0 fully saturated rings. The average molecular weight is 124 g/mol. The minimum absolute atomic E-state index is 0. The number of aliphatic carboxylic acids is 1. The van der Waals surface area contributed by atoms with Crippen LogP contribution in [-0.2, 0) is 14.3 Å². The molecule has 0 saturated carbocycles. The molecule has 0 aliphatic carbocycles. The zero-order chi connectivity index (χ0) is 6.57. The molecule has 0 aromatic heterocycles. The number of ether oxygens (including phenoxy) is 1. The third-order valence-electron chi connectivity index (χ3n) is 0.442. The van der Waals surface area contributed by atoms with Gasteiger partial charge in [0, 0.05) is 0 Å². The summed E-state index contributed by atoms with van der Waals surface area (Å²) < 4.78 is 4.00. The Kier molecular flexibility index (Phi) is 7.15. The zero-order valence-electron chi connectivity index (χ0n) is 5.34. The number of rotatable bonds is 1. The van der Waals surface area contributed by atoms with Crippen LogP contribution in [0.4, 0.5) is 0 Å². The molecule has 0 heterocycles. The van der Waals surface area contributed by atoms with Gasteiger partial charge < -0.3 is 14.6 Å². The number of hydrogen-bond donors (Lipinski definition) is 0. The maximum atomic E-state index is 9.86. The van der Waals surface area contributed by atoms with Crippen LogP contribution in [0.25, 0.3) is 0 Å². The van der Waals surface area contributed by atoms with E-state index in [-0.39, 0.29) is 25.5 Å². The van der Waals surface area contributed by atoms with Crippen molar-refractivity contribution < 1.29 is 38.3 Å². The first kappa shape index (κ1) is 11.3. The maximum Gasteiger partial charge on any atom is 1.00 e. The first-order valence-corrected chi connectivity index (χ1v) is 2.06. The van der Waals surface area contributed by atoms with Gasteiger partial charge in [0.1, 0.15) is 0 Å². The largest absolute Gasteiger partial charge is 1.00 e. The second-order valence-corrected chi connectivity index (χ2v) is 1.01. The first-order valence-electron chi connectivity index (χ1n) is 2.06. The molecule has 0 N–H and O–H groups in total. The van der Waals surface area contributed by atoms with Gasteiger partial charge in [0.25, 0.3) is 0 Å². The average Bonchev–Trinajstić information content (AvgIpc) is 1.67. The first-order chi connectivity index (χ1) is 3.68. The Balaban J connectivity index is 0. The topological polar surface area (TPSA) is 66.4 Å². The number of esters is 1. The van der Waals surface area contributed by atoms with Crippen molar-refractivity contribution in [2.45, 2.75) is 6.92 Å².